The molecule has 1 N–H and O–H groups in total. The summed E-state index contributed by atoms with van der Waals surface area (Å²) in [5, 5.41) is 11.5. The molecule has 2 aromatic rings. The first-order chi connectivity index (χ1) is 11.5. The van der Waals surface area contributed by atoms with Crippen LogP contribution in [0.15, 0.2) is 47.1 Å². The smallest absolute Gasteiger partial charge is 0.325 e. The van der Waals surface area contributed by atoms with E-state index in [2.05, 4.69) is 5.32 Å². The van der Waals surface area contributed by atoms with Crippen LogP contribution >= 0.6 is 0 Å². The van der Waals surface area contributed by atoms with Gasteiger partial charge >= 0.3 is 6.03 Å². The van der Waals surface area contributed by atoms with Crippen LogP contribution in [0, 0.1) is 11.3 Å². The minimum absolute atomic E-state index is 0.0950. The highest BCUT2D eigenvalue weighted by atomic mass is 16.5. The second-order valence-corrected chi connectivity index (χ2v) is 5.48. The number of nitriles is 1. The molecular weight excluding hydrogens is 310 g/mol. The number of amides is 3. The van der Waals surface area contributed by atoms with Crippen LogP contribution in [-0.4, -0.2) is 30.0 Å². The Morgan fingerprint density at radius 1 is 1.33 bits per heavy atom. The maximum atomic E-state index is 12.6. The lowest BCUT2D eigenvalue weighted by Crippen LogP contribution is -2.41. The second-order valence-electron chi connectivity index (χ2n) is 5.48. The highest BCUT2D eigenvalue weighted by molar-refractivity contribution is 6.06. The van der Waals surface area contributed by atoms with Crippen LogP contribution in [0.1, 0.15) is 18.2 Å². The van der Waals surface area contributed by atoms with E-state index < -0.39 is 17.5 Å². The minimum atomic E-state index is -1.21. The topological polar surface area (TPSA) is 95.6 Å². The third kappa shape index (κ3) is 2.70. The van der Waals surface area contributed by atoms with Crippen LogP contribution in [0.2, 0.25) is 0 Å². The Labute approximate surface area is 138 Å². The first-order valence-electron chi connectivity index (χ1n) is 7.35. The summed E-state index contributed by atoms with van der Waals surface area (Å²) in [7, 11) is 0. The van der Waals surface area contributed by atoms with Crippen molar-refractivity contribution in [1.29, 1.82) is 5.26 Å². The molecule has 1 aliphatic heterocycles. The van der Waals surface area contributed by atoms with Gasteiger partial charge in [0.25, 0.3) is 5.91 Å². The molecule has 1 aliphatic rings. The number of nitrogens with one attached hydrogen (secondary N) is 1. The van der Waals surface area contributed by atoms with Crippen molar-refractivity contribution >= 4 is 11.9 Å². The van der Waals surface area contributed by atoms with Crippen LogP contribution < -0.4 is 10.1 Å². The summed E-state index contributed by atoms with van der Waals surface area (Å²) < 4.78 is 10.8. The van der Waals surface area contributed by atoms with Crippen molar-refractivity contribution in [3.63, 3.8) is 0 Å². The number of nitrogens with zero attached hydrogens (tertiary/aromatic N) is 2. The van der Waals surface area contributed by atoms with Gasteiger partial charge in [0.05, 0.1) is 24.4 Å². The summed E-state index contributed by atoms with van der Waals surface area (Å²) in [6.45, 7) is 1.82. The van der Waals surface area contributed by atoms with Gasteiger partial charge in [0.1, 0.15) is 18.1 Å². The molecule has 7 nitrogen and oxygen atoms in total. The summed E-state index contributed by atoms with van der Waals surface area (Å²) in [5.74, 6) is 0.498. The Kier molecular flexibility index (Phi) is 3.96. The number of imide groups is 1. The second kappa shape index (κ2) is 6.08. The molecule has 0 radical (unpaired) electrons. The molecule has 3 amide bonds. The Morgan fingerprint density at radius 2 is 2.17 bits per heavy atom. The lowest BCUT2D eigenvalue weighted by atomic mass is 9.99. The van der Waals surface area contributed by atoms with Gasteiger partial charge in [0.2, 0.25) is 0 Å². The predicted octanol–water partition coefficient (Wildman–Crippen LogP) is 2.00. The zero-order valence-electron chi connectivity index (χ0n) is 13.0. The van der Waals surface area contributed by atoms with Crippen LogP contribution in [0.3, 0.4) is 0 Å². The average Bonchev–Trinajstić information content (AvgIpc) is 3.19. The van der Waals surface area contributed by atoms with E-state index in [1.165, 1.54) is 6.26 Å². The lowest BCUT2D eigenvalue weighted by molar-refractivity contribution is -0.131. The molecule has 1 aromatic heterocycles. The normalized spacial score (nSPS) is 19.9. The van der Waals surface area contributed by atoms with Crippen molar-refractivity contribution in [1.82, 2.24) is 10.2 Å². The molecular formula is C17H15N3O4. The van der Waals surface area contributed by atoms with Gasteiger partial charge in [-0.25, -0.2) is 4.79 Å². The van der Waals surface area contributed by atoms with E-state index in [9.17, 15) is 9.59 Å². The molecule has 2 heterocycles. The molecule has 1 atom stereocenters. The fourth-order valence-corrected chi connectivity index (χ4v) is 2.54. The van der Waals surface area contributed by atoms with Crippen LogP contribution in [0.25, 0.3) is 0 Å². The SMILES string of the molecule is C[C@@]1(c2ccco2)NC(=O)N(CCOc2cccc(C#N)c2)C1=O. The monoisotopic (exact) mass is 325 g/mol. The molecule has 0 saturated carbocycles. The number of rotatable bonds is 5. The molecule has 24 heavy (non-hydrogen) atoms. The number of furan rings is 1. The van der Waals surface area contributed by atoms with E-state index >= 15 is 0 Å². The zero-order valence-corrected chi connectivity index (χ0v) is 13.0. The average molecular weight is 325 g/mol. The van der Waals surface area contributed by atoms with Gasteiger partial charge in [-0.05, 0) is 37.3 Å². The van der Waals surface area contributed by atoms with Gasteiger partial charge in [-0.3, -0.25) is 9.69 Å². The van der Waals surface area contributed by atoms with Gasteiger partial charge in [0.15, 0.2) is 5.54 Å². The van der Waals surface area contributed by atoms with Crippen molar-refractivity contribution in [3.8, 4) is 11.8 Å². The van der Waals surface area contributed by atoms with E-state index in [-0.39, 0.29) is 13.2 Å². The first-order valence-corrected chi connectivity index (χ1v) is 7.35. The molecule has 7 heteroatoms. The van der Waals surface area contributed by atoms with Crippen molar-refractivity contribution < 1.29 is 18.7 Å². The van der Waals surface area contributed by atoms with E-state index in [1.54, 1.807) is 43.3 Å². The quantitative estimate of drug-likeness (QED) is 0.848. The lowest BCUT2D eigenvalue weighted by Gasteiger charge is -2.19. The largest absolute Gasteiger partial charge is 0.492 e. The fourth-order valence-electron chi connectivity index (χ4n) is 2.54. The zero-order chi connectivity index (χ0) is 17.2. The molecule has 0 aliphatic carbocycles. The Bertz CT molecular complexity index is 809. The van der Waals surface area contributed by atoms with Gasteiger partial charge < -0.3 is 14.5 Å². The van der Waals surface area contributed by atoms with Crippen LogP contribution in [-0.2, 0) is 10.3 Å². The third-order valence-electron chi connectivity index (χ3n) is 3.84. The molecule has 122 valence electrons. The summed E-state index contributed by atoms with van der Waals surface area (Å²) >= 11 is 0. The Hall–Kier alpha value is -3.27. The van der Waals surface area contributed by atoms with E-state index in [0.29, 0.717) is 17.1 Å². The van der Waals surface area contributed by atoms with Crippen LogP contribution in [0.5, 0.6) is 5.75 Å². The number of urea groups is 1. The molecule has 1 aromatic carbocycles. The van der Waals surface area contributed by atoms with Crippen molar-refractivity contribution in [2.45, 2.75) is 12.5 Å². The van der Waals surface area contributed by atoms with E-state index in [0.717, 1.165) is 4.90 Å². The number of carbonyl (C=O) groups is 2. The van der Waals surface area contributed by atoms with Crippen molar-refractivity contribution in [2.75, 3.05) is 13.2 Å². The highest BCUT2D eigenvalue weighted by Crippen LogP contribution is 2.28. The predicted molar refractivity (Wildman–Crippen MR) is 83.0 cm³/mol. The molecule has 0 spiro atoms. The summed E-state index contributed by atoms with van der Waals surface area (Å²) in [6, 6.07) is 11.5. The Morgan fingerprint density at radius 3 is 2.88 bits per heavy atom. The summed E-state index contributed by atoms with van der Waals surface area (Å²) in [6.07, 6.45) is 1.45. The maximum absolute atomic E-state index is 12.6. The molecule has 0 unspecified atom stereocenters. The van der Waals surface area contributed by atoms with E-state index in [4.69, 9.17) is 14.4 Å². The molecule has 3 rings (SSSR count). The van der Waals surface area contributed by atoms with Crippen molar-refractivity contribution in [2.24, 2.45) is 0 Å². The molecule has 1 saturated heterocycles. The number of ether oxygens (including phenoxy) is 1. The summed E-state index contributed by atoms with van der Waals surface area (Å²) in [4.78, 5) is 25.7. The Balaban J connectivity index is 1.64. The van der Waals surface area contributed by atoms with Gasteiger partial charge in [-0.1, -0.05) is 6.07 Å². The molecule has 1 fully saturated rings. The standard InChI is InChI=1S/C17H15N3O4/c1-17(14-6-3-8-24-14)15(21)20(16(22)19-17)7-9-23-13-5-2-4-12(10-13)11-18/h2-6,8,10H,7,9H2,1H3,(H,19,22)/t17-/m0/s1. The van der Waals surface area contributed by atoms with Gasteiger partial charge in [-0.2, -0.15) is 5.26 Å². The fraction of sp³-hybridized carbons (Fsp3) is 0.235. The highest BCUT2D eigenvalue weighted by Gasteiger charge is 2.50. The minimum Gasteiger partial charge on any atom is -0.492 e. The molecule has 0 bridgehead atoms. The number of hydrogen-bond donors (Lipinski definition) is 1. The van der Waals surface area contributed by atoms with Gasteiger partial charge in [-0.15, -0.1) is 0 Å². The first kappa shape index (κ1) is 15.6. The summed E-state index contributed by atoms with van der Waals surface area (Å²) in [5.41, 5.74) is -0.728. The van der Waals surface area contributed by atoms with Crippen LogP contribution in [0.4, 0.5) is 4.79 Å². The third-order valence-corrected chi connectivity index (χ3v) is 3.84. The number of hydrogen-bond acceptors (Lipinski definition) is 5. The van der Waals surface area contributed by atoms with Crippen molar-refractivity contribution in [3.05, 3.63) is 54.0 Å². The number of carbonyl (C=O) groups excluding carboxylic acids is 2. The van der Waals surface area contributed by atoms with Gasteiger partial charge in [0, 0.05) is 0 Å². The number of benzene rings is 1. The maximum Gasteiger partial charge on any atom is 0.325 e. The van der Waals surface area contributed by atoms with E-state index in [1.807, 2.05) is 6.07 Å².